The zero-order valence-electron chi connectivity index (χ0n) is 9.64. The fraction of sp³-hybridized carbons (Fsp3) is 0.308. The first-order valence-electron chi connectivity index (χ1n) is 5.54. The molecule has 0 saturated heterocycles. The summed E-state index contributed by atoms with van der Waals surface area (Å²) in [5.74, 6) is 0.758. The SMILES string of the molecule is CC(C)C(c1ccccc1)c1[nH]ncc1N. The van der Waals surface area contributed by atoms with Crippen LogP contribution in [0.15, 0.2) is 36.5 Å². The van der Waals surface area contributed by atoms with E-state index in [0.29, 0.717) is 5.92 Å². The molecule has 1 aromatic heterocycles. The molecule has 3 N–H and O–H groups in total. The second kappa shape index (κ2) is 4.39. The van der Waals surface area contributed by atoms with Crippen LogP contribution in [0.25, 0.3) is 0 Å². The van der Waals surface area contributed by atoms with Gasteiger partial charge in [0.1, 0.15) is 0 Å². The van der Waals surface area contributed by atoms with Crippen LogP contribution in [-0.4, -0.2) is 10.2 Å². The molecule has 0 bridgehead atoms. The van der Waals surface area contributed by atoms with Crippen LogP contribution < -0.4 is 5.73 Å². The standard InChI is InChI=1S/C13H17N3/c1-9(2)12(10-6-4-3-5-7-10)13-11(14)8-15-16-13/h3-9,12H,14H2,1-2H3,(H,15,16). The third kappa shape index (κ3) is 1.94. The molecule has 3 heteroatoms. The van der Waals surface area contributed by atoms with Crippen molar-refractivity contribution in [3.05, 3.63) is 47.8 Å². The summed E-state index contributed by atoms with van der Waals surface area (Å²) < 4.78 is 0. The number of nitrogens with zero attached hydrogens (tertiary/aromatic N) is 1. The average Bonchev–Trinajstić information content (AvgIpc) is 2.66. The third-order valence-electron chi connectivity index (χ3n) is 2.84. The molecule has 0 saturated carbocycles. The maximum atomic E-state index is 5.92. The van der Waals surface area contributed by atoms with Gasteiger partial charge in [-0.25, -0.2) is 0 Å². The molecule has 0 radical (unpaired) electrons. The van der Waals surface area contributed by atoms with Crippen LogP contribution in [0.4, 0.5) is 5.69 Å². The molecule has 0 spiro atoms. The minimum Gasteiger partial charge on any atom is -0.396 e. The van der Waals surface area contributed by atoms with Gasteiger partial charge in [-0.2, -0.15) is 5.10 Å². The lowest BCUT2D eigenvalue weighted by Gasteiger charge is -2.20. The van der Waals surface area contributed by atoms with Crippen molar-refractivity contribution in [1.82, 2.24) is 10.2 Å². The zero-order valence-corrected chi connectivity index (χ0v) is 9.64. The van der Waals surface area contributed by atoms with E-state index in [0.717, 1.165) is 11.4 Å². The third-order valence-corrected chi connectivity index (χ3v) is 2.84. The largest absolute Gasteiger partial charge is 0.396 e. The van der Waals surface area contributed by atoms with E-state index in [9.17, 15) is 0 Å². The van der Waals surface area contributed by atoms with Crippen LogP contribution >= 0.6 is 0 Å². The van der Waals surface area contributed by atoms with E-state index in [1.54, 1.807) is 6.20 Å². The molecule has 16 heavy (non-hydrogen) atoms. The van der Waals surface area contributed by atoms with Crippen LogP contribution in [0.5, 0.6) is 0 Å². The summed E-state index contributed by atoms with van der Waals surface area (Å²) in [7, 11) is 0. The molecule has 1 atom stereocenters. The number of hydrogen-bond donors (Lipinski definition) is 2. The zero-order chi connectivity index (χ0) is 11.5. The van der Waals surface area contributed by atoms with Gasteiger partial charge in [-0.05, 0) is 11.5 Å². The fourth-order valence-electron chi connectivity index (χ4n) is 2.10. The quantitative estimate of drug-likeness (QED) is 0.827. The summed E-state index contributed by atoms with van der Waals surface area (Å²) in [5.41, 5.74) is 8.95. The number of rotatable bonds is 3. The van der Waals surface area contributed by atoms with Crippen molar-refractivity contribution in [3.8, 4) is 0 Å². The van der Waals surface area contributed by atoms with Gasteiger partial charge in [0.15, 0.2) is 0 Å². The number of benzene rings is 1. The van der Waals surface area contributed by atoms with Crippen LogP contribution in [0.3, 0.4) is 0 Å². The highest BCUT2D eigenvalue weighted by atomic mass is 15.1. The maximum absolute atomic E-state index is 5.92. The summed E-state index contributed by atoms with van der Waals surface area (Å²) >= 11 is 0. The van der Waals surface area contributed by atoms with Gasteiger partial charge in [-0.1, -0.05) is 44.2 Å². The van der Waals surface area contributed by atoms with Crippen molar-refractivity contribution in [3.63, 3.8) is 0 Å². The normalized spacial score (nSPS) is 12.9. The summed E-state index contributed by atoms with van der Waals surface area (Å²) in [4.78, 5) is 0. The first-order chi connectivity index (χ1) is 7.70. The molecule has 2 aromatic rings. The Kier molecular flexibility index (Phi) is 2.95. The second-order valence-electron chi connectivity index (χ2n) is 4.37. The van der Waals surface area contributed by atoms with Crippen LogP contribution in [-0.2, 0) is 0 Å². The Morgan fingerprint density at radius 3 is 2.38 bits per heavy atom. The van der Waals surface area contributed by atoms with Gasteiger partial charge in [-0.3, -0.25) is 5.10 Å². The molecule has 0 amide bonds. The number of nitrogens with two attached hydrogens (primary N) is 1. The first kappa shape index (κ1) is 10.7. The van der Waals surface area contributed by atoms with Gasteiger partial charge in [0.2, 0.25) is 0 Å². The molecular weight excluding hydrogens is 198 g/mol. The Bertz CT molecular complexity index is 445. The molecule has 1 aromatic carbocycles. The van der Waals surface area contributed by atoms with Gasteiger partial charge in [0.25, 0.3) is 0 Å². The Morgan fingerprint density at radius 1 is 1.19 bits per heavy atom. The van der Waals surface area contributed by atoms with E-state index in [1.807, 2.05) is 6.07 Å². The first-order valence-corrected chi connectivity index (χ1v) is 5.54. The van der Waals surface area contributed by atoms with Crippen molar-refractivity contribution in [1.29, 1.82) is 0 Å². The second-order valence-corrected chi connectivity index (χ2v) is 4.37. The Morgan fingerprint density at radius 2 is 1.88 bits per heavy atom. The highest BCUT2D eigenvalue weighted by Crippen LogP contribution is 2.33. The topological polar surface area (TPSA) is 54.7 Å². The summed E-state index contributed by atoms with van der Waals surface area (Å²) in [6, 6.07) is 10.4. The average molecular weight is 215 g/mol. The van der Waals surface area contributed by atoms with Crippen LogP contribution in [0.2, 0.25) is 0 Å². The smallest absolute Gasteiger partial charge is 0.0736 e. The molecule has 84 valence electrons. The Balaban J connectivity index is 2.43. The number of nitrogens with one attached hydrogen (secondary N) is 1. The van der Waals surface area contributed by atoms with E-state index in [1.165, 1.54) is 5.56 Å². The van der Waals surface area contributed by atoms with Gasteiger partial charge in [-0.15, -0.1) is 0 Å². The fourth-order valence-corrected chi connectivity index (χ4v) is 2.10. The lowest BCUT2D eigenvalue weighted by Crippen LogP contribution is -2.10. The minimum absolute atomic E-state index is 0.281. The lowest BCUT2D eigenvalue weighted by atomic mass is 9.85. The highest BCUT2D eigenvalue weighted by molar-refractivity contribution is 5.46. The number of aromatic amines is 1. The van der Waals surface area contributed by atoms with Crippen LogP contribution in [0.1, 0.15) is 31.0 Å². The van der Waals surface area contributed by atoms with Gasteiger partial charge in [0, 0.05) is 5.92 Å². The molecule has 3 nitrogen and oxygen atoms in total. The molecular formula is C13H17N3. The lowest BCUT2D eigenvalue weighted by molar-refractivity contribution is 0.552. The molecule has 0 aliphatic rings. The van der Waals surface area contributed by atoms with Crippen molar-refractivity contribution >= 4 is 5.69 Å². The van der Waals surface area contributed by atoms with Gasteiger partial charge < -0.3 is 5.73 Å². The number of aromatic nitrogens is 2. The van der Waals surface area contributed by atoms with Gasteiger partial charge in [0.05, 0.1) is 17.6 Å². The predicted molar refractivity (Wildman–Crippen MR) is 66.1 cm³/mol. The minimum atomic E-state index is 0.281. The van der Waals surface area contributed by atoms with E-state index < -0.39 is 0 Å². The molecule has 1 unspecified atom stereocenters. The molecule has 0 aliphatic carbocycles. The van der Waals surface area contributed by atoms with E-state index in [4.69, 9.17) is 5.73 Å². The summed E-state index contributed by atoms with van der Waals surface area (Å²) in [6.07, 6.45) is 1.67. The number of anilines is 1. The van der Waals surface area contributed by atoms with Crippen LogP contribution in [0, 0.1) is 5.92 Å². The maximum Gasteiger partial charge on any atom is 0.0736 e. The monoisotopic (exact) mass is 215 g/mol. The van der Waals surface area contributed by atoms with Crippen molar-refractivity contribution in [2.75, 3.05) is 5.73 Å². The predicted octanol–water partition coefficient (Wildman–Crippen LogP) is 2.78. The van der Waals surface area contributed by atoms with Crippen molar-refractivity contribution < 1.29 is 0 Å². The van der Waals surface area contributed by atoms with E-state index >= 15 is 0 Å². The molecule has 1 heterocycles. The Labute approximate surface area is 95.7 Å². The number of nitrogen functional groups attached to an aromatic ring is 1. The molecule has 0 aliphatic heterocycles. The Hall–Kier alpha value is -1.77. The summed E-state index contributed by atoms with van der Waals surface area (Å²) in [5, 5.41) is 7.01. The van der Waals surface area contributed by atoms with Crippen molar-refractivity contribution in [2.24, 2.45) is 5.92 Å². The van der Waals surface area contributed by atoms with Gasteiger partial charge >= 0.3 is 0 Å². The number of hydrogen-bond acceptors (Lipinski definition) is 2. The van der Waals surface area contributed by atoms with Crippen molar-refractivity contribution in [2.45, 2.75) is 19.8 Å². The number of H-pyrrole nitrogens is 1. The molecule has 2 rings (SSSR count). The van der Waals surface area contributed by atoms with E-state index in [2.05, 4.69) is 48.3 Å². The molecule has 0 fully saturated rings. The highest BCUT2D eigenvalue weighted by Gasteiger charge is 2.21. The van der Waals surface area contributed by atoms with E-state index in [-0.39, 0.29) is 5.92 Å². The summed E-state index contributed by atoms with van der Waals surface area (Å²) in [6.45, 7) is 4.38.